The van der Waals surface area contributed by atoms with Gasteiger partial charge in [0.25, 0.3) is 0 Å². The lowest BCUT2D eigenvalue weighted by Gasteiger charge is -2.28. The first-order chi connectivity index (χ1) is 11.1. The normalized spacial score (nSPS) is 21.9. The molecule has 1 aliphatic rings. The molecule has 0 saturated heterocycles. The fraction of sp³-hybridized carbons (Fsp3) is 0.647. The summed E-state index contributed by atoms with van der Waals surface area (Å²) in [7, 11) is 4.14. The molecule has 1 heterocycles. The van der Waals surface area contributed by atoms with Crippen molar-refractivity contribution in [2.45, 2.75) is 31.8 Å². The number of ether oxygens (including phenoxy) is 1. The van der Waals surface area contributed by atoms with E-state index >= 15 is 0 Å². The third-order valence-corrected chi connectivity index (χ3v) is 4.44. The van der Waals surface area contributed by atoms with Gasteiger partial charge in [-0.2, -0.15) is 0 Å². The SMILES string of the molecule is CN(C)CC=CCOC1CCC(CNc2ncc(Br)cn2)CC1. The summed E-state index contributed by atoms with van der Waals surface area (Å²) in [5.74, 6) is 1.39. The van der Waals surface area contributed by atoms with Gasteiger partial charge in [0.05, 0.1) is 17.2 Å². The van der Waals surface area contributed by atoms with Crippen LogP contribution in [0.4, 0.5) is 5.95 Å². The topological polar surface area (TPSA) is 50.3 Å². The van der Waals surface area contributed by atoms with Crippen LogP contribution >= 0.6 is 15.9 Å². The Morgan fingerprint density at radius 3 is 2.57 bits per heavy atom. The van der Waals surface area contributed by atoms with Crippen LogP contribution in [0.5, 0.6) is 0 Å². The fourth-order valence-corrected chi connectivity index (χ4v) is 2.89. The first-order valence-corrected chi connectivity index (χ1v) is 9.05. The second-order valence-corrected chi connectivity index (χ2v) is 7.23. The van der Waals surface area contributed by atoms with E-state index in [0.717, 1.165) is 37.0 Å². The lowest BCUT2D eigenvalue weighted by molar-refractivity contribution is 0.0360. The molecule has 0 spiro atoms. The van der Waals surface area contributed by atoms with Gasteiger partial charge in [-0.3, -0.25) is 0 Å². The van der Waals surface area contributed by atoms with E-state index in [4.69, 9.17) is 4.74 Å². The van der Waals surface area contributed by atoms with Gasteiger partial charge in [0.2, 0.25) is 5.95 Å². The zero-order chi connectivity index (χ0) is 16.5. The summed E-state index contributed by atoms with van der Waals surface area (Å²) in [6.45, 7) is 2.64. The second-order valence-electron chi connectivity index (χ2n) is 6.32. The minimum atomic E-state index is 0.416. The number of halogens is 1. The van der Waals surface area contributed by atoms with Crippen molar-refractivity contribution >= 4 is 21.9 Å². The maximum Gasteiger partial charge on any atom is 0.222 e. The van der Waals surface area contributed by atoms with Crippen molar-refractivity contribution in [1.82, 2.24) is 14.9 Å². The first-order valence-electron chi connectivity index (χ1n) is 8.26. The van der Waals surface area contributed by atoms with Crippen LogP contribution in [0.25, 0.3) is 0 Å². The van der Waals surface area contributed by atoms with Gasteiger partial charge >= 0.3 is 0 Å². The minimum Gasteiger partial charge on any atom is -0.374 e. The van der Waals surface area contributed by atoms with Gasteiger partial charge in [0.1, 0.15) is 0 Å². The zero-order valence-electron chi connectivity index (χ0n) is 14.0. The van der Waals surface area contributed by atoms with Crippen LogP contribution in [-0.2, 0) is 4.74 Å². The molecule has 1 N–H and O–H groups in total. The molecule has 0 bridgehead atoms. The largest absolute Gasteiger partial charge is 0.374 e. The number of nitrogens with one attached hydrogen (secondary N) is 1. The van der Waals surface area contributed by atoms with Crippen LogP contribution in [0.2, 0.25) is 0 Å². The molecule has 6 heteroatoms. The molecule has 1 saturated carbocycles. The van der Waals surface area contributed by atoms with Crippen LogP contribution < -0.4 is 5.32 Å². The number of hydrogen-bond donors (Lipinski definition) is 1. The molecule has 1 aromatic heterocycles. The monoisotopic (exact) mass is 382 g/mol. The van der Waals surface area contributed by atoms with Crippen molar-refractivity contribution in [2.24, 2.45) is 5.92 Å². The van der Waals surface area contributed by atoms with Crippen molar-refractivity contribution in [3.63, 3.8) is 0 Å². The Morgan fingerprint density at radius 2 is 1.91 bits per heavy atom. The van der Waals surface area contributed by atoms with Crippen LogP contribution in [0.3, 0.4) is 0 Å². The summed E-state index contributed by atoms with van der Waals surface area (Å²) in [4.78, 5) is 10.6. The van der Waals surface area contributed by atoms with Gasteiger partial charge in [-0.15, -0.1) is 0 Å². The third-order valence-electron chi connectivity index (χ3n) is 4.03. The average molecular weight is 383 g/mol. The van der Waals surface area contributed by atoms with Crippen LogP contribution in [0.15, 0.2) is 29.0 Å². The molecule has 128 valence electrons. The van der Waals surface area contributed by atoms with Crippen molar-refractivity contribution < 1.29 is 4.74 Å². The molecule has 0 radical (unpaired) electrons. The van der Waals surface area contributed by atoms with Crippen LogP contribution in [-0.4, -0.2) is 54.8 Å². The maximum absolute atomic E-state index is 5.93. The van der Waals surface area contributed by atoms with Crippen molar-refractivity contribution in [3.8, 4) is 0 Å². The average Bonchev–Trinajstić information content (AvgIpc) is 2.55. The van der Waals surface area contributed by atoms with E-state index in [1.807, 2.05) is 0 Å². The molecular formula is C17H27BrN4O. The Morgan fingerprint density at radius 1 is 1.22 bits per heavy atom. The van der Waals surface area contributed by atoms with Gasteiger partial charge in [0, 0.05) is 25.5 Å². The van der Waals surface area contributed by atoms with E-state index in [9.17, 15) is 0 Å². The molecule has 23 heavy (non-hydrogen) atoms. The minimum absolute atomic E-state index is 0.416. The van der Waals surface area contributed by atoms with Crippen molar-refractivity contribution in [3.05, 3.63) is 29.0 Å². The van der Waals surface area contributed by atoms with Gasteiger partial charge in [-0.1, -0.05) is 12.2 Å². The third kappa shape index (κ3) is 7.42. The molecule has 0 aromatic carbocycles. The highest BCUT2D eigenvalue weighted by Gasteiger charge is 2.21. The molecule has 0 unspecified atom stereocenters. The number of nitrogens with zero attached hydrogens (tertiary/aromatic N) is 3. The van der Waals surface area contributed by atoms with Gasteiger partial charge in [-0.25, -0.2) is 9.97 Å². The quantitative estimate of drug-likeness (QED) is 0.698. The molecule has 0 amide bonds. The summed E-state index contributed by atoms with van der Waals surface area (Å²) in [5.41, 5.74) is 0. The molecule has 0 aliphatic heterocycles. The van der Waals surface area contributed by atoms with Gasteiger partial charge < -0.3 is 15.0 Å². The predicted octanol–water partition coefficient (Wildman–Crippen LogP) is 3.34. The second kappa shape index (κ2) is 10.0. The van der Waals surface area contributed by atoms with E-state index in [1.54, 1.807) is 12.4 Å². The predicted molar refractivity (Wildman–Crippen MR) is 97.6 cm³/mol. The molecule has 1 aromatic rings. The Hall–Kier alpha value is -0.980. The molecule has 2 rings (SSSR count). The maximum atomic E-state index is 5.93. The summed E-state index contributed by atoms with van der Waals surface area (Å²) < 4.78 is 6.84. The van der Waals surface area contributed by atoms with E-state index in [-0.39, 0.29) is 0 Å². The lowest BCUT2D eigenvalue weighted by Crippen LogP contribution is -2.26. The van der Waals surface area contributed by atoms with Crippen LogP contribution in [0, 0.1) is 5.92 Å². The lowest BCUT2D eigenvalue weighted by atomic mass is 9.87. The number of rotatable bonds is 8. The van der Waals surface area contributed by atoms with E-state index in [2.05, 4.69) is 62.4 Å². The van der Waals surface area contributed by atoms with E-state index in [1.165, 1.54) is 12.8 Å². The number of hydrogen-bond acceptors (Lipinski definition) is 5. The highest BCUT2D eigenvalue weighted by atomic mass is 79.9. The molecule has 0 atom stereocenters. The van der Waals surface area contributed by atoms with Gasteiger partial charge in [0.15, 0.2) is 0 Å². The van der Waals surface area contributed by atoms with E-state index < -0.39 is 0 Å². The van der Waals surface area contributed by atoms with Crippen molar-refractivity contribution in [1.29, 1.82) is 0 Å². The Bertz CT molecular complexity index is 470. The first kappa shape index (κ1) is 18.4. The van der Waals surface area contributed by atoms with Gasteiger partial charge in [-0.05, 0) is 61.6 Å². The molecule has 1 aliphatic carbocycles. The number of aromatic nitrogens is 2. The molecule has 1 fully saturated rings. The highest BCUT2D eigenvalue weighted by Crippen LogP contribution is 2.26. The summed E-state index contributed by atoms with van der Waals surface area (Å²) in [6, 6.07) is 0. The Balaban J connectivity index is 1.58. The zero-order valence-corrected chi connectivity index (χ0v) is 15.6. The summed E-state index contributed by atoms with van der Waals surface area (Å²) in [5, 5.41) is 3.33. The van der Waals surface area contributed by atoms with Crippen LogP contribution in [0.1, 0.15) is 25.7 Å². The van der Waals surface area contributed by atoms with Crippen molar-refractivity contribution in [2.75, 3.05) is 39.1 Å². The summed E-state index contributed by atoms with van der Waals surface area (Å²) in [6.07, 6.45) is 12.9. The number of likely N-dealkylation sites (N-methyl/N-ethyl adjacent to an activating group) is 1. The molecular weight excluding hydrogens is 356 g/mol. The summed E-state index contributed by atoms with van der Waals surface area (Å²) >= 11 is 3.34. The standard InChI is InChI=1S/C17H27BrN4O/c1-22(2)9-3-4-10-23-16-7-5-14(6-8-16)11-19-17-20-12-15(18)13-21-17/h3-4,12-14,16H,5-11H2,1-2H3,(H,19,20,21). The number of anilines is 1. The van der Waals surface area contributed by atoms with E-state index in [0.29, 0.717) is 18.0 Å². The molecule has 5 nitrogen and oxygen atoms in total. The Kier molecular flexibility index (Phi) is 7.99. The fourth-order valence-electron chi connectivity index (χ4n) is 2.69. The smallest absolute Gasteiger partial charge is 0.222 e. The highest BCUT2D eigenvalue weighted by molar-refractivity contribution is 9.10. The Labute approximate surface area is 147 Å².